The number of nitrogens with one attached hydrogen (secondary N) is 2. The lowest BCUT2D eigenvalue weighted by molar-refractivity contribution is -0.128. The lowest BCUT2D eigenvalue weighted by atomic mass is 9.96. The number of rotatable bonds is 7. The van der Waals surface area contributed by atoms with Crippen molar-refractivity contribution < 1.29 is 22.7 Å². The molecule has 0 spiro atoms. The van der Waals surface area contributed by atoms with E-state index in [-0.39, 0.29) is 29.7 Å². The van der Waals surface area contributed by atoms with Crippen LogP contribution in [0.2, 0.25) is 0 Å². The number of carbonyl (C=O) groups excluding carboxylic acids is 2. The van der Waals surface area contributed by atoms with Crippen LogP contribution in [0.15, 0.2) is 23.1 Å². The Morgan fingerprint density at radius 3 is 2.30 bits per heavy atom. The molecule has 1 saturated heterocycles. The van der Waals surface area contributed by atoms with E-state index in [1.54, 1.807) is 26.8 Å². The quantitative estimate of drug-likeness (QED) is 0.680. The molecule has 9 heteroatoms. The van der Waals surface area contributed by atoms with E-state index in [1.807, 2.05) is 0 Å². The Morgan fingerprint density at radius 2 is 1.73 bits per heavy atom. The van der Waals surface area contributed by atoms with E-state index in [1.165, 1.54) is 23.5 Å². The SMILES string of the molecule is COc1ccc(S(=O)(=O)N2CCCCCC2)cc1NC(=O)CCNC(=O)C(C)(C)C. The number of amides is 2. The molecule has 0 unspecified atom stereocenters. The van der Waals surface area contributed by atoms with E-state index in [0.717, 1.165) is 25.7 Å². The fourth-order valence-electron chi connectivity index (χ4n) is 3.14. The van der Waals surface area contributed by atoms with Crippen molar-refractivity contribution in [1.82, 2.24) is 9.62 Å². The summed E-state index contributed by atoms with van der Waals surface area (Å²) in [5, 5.41) is 5.42. The van der Waals surface area contributed by atoms with Crippen LogP contribution >= 0.6 is 0 Å². The highest BCUT2D eigenvalue weighted by Gasteiger charge is 2.26. The first-order valence-corrected chi connectivity index (χ1v) is 11.8. The molecule has 0 aliphatic carbocycles. The third-order valence-electron chi connectivity index (χ3n) is 4.97. The molecule has 1 fully saturated rings. The van der Waals surface area contributed by atoms with Crippen LogP contribution in [0.25, 0.3) is 0 Å². The van der Waals surface area contributed by atoms with Gasteiger partial charge in [0.1, 0.15) is 5.75 Å². The van der Waals surface area contributed by atoms with Gasteiger partial charge < -0.3 is 15.4 Å². The second-order valence-corrected chi connectivity index (χ2v) is 10.4. The zero-order chi connectivity index (χ0) is 22.4. The molecule has 0 atom stereocenters. The van der Waals surface area contributed by atoms with Gasteiger partial charge in [0, 0.05) is 31.5 Å². The fourth-order valence-corrected chi connectivity index (χ4v) is 4.69. The smallest absolute Gasteiger partial charge is 0.243 e. The predicted molar refractivity (Wildman–Crippen MR) is 116 cm³/mol. The van der Waals surface area contributed by atoms with Crippen LogP contribution in [0.3, 0.4) is 0 Å². The maximum Gasteiger partial charge on any atom is 0.243 e. The second kappa shape index (κ2) is 10.3. The van der Waals surface area contributed by atoms with Gasteiger partial charge in [-0.15, -0.1) is 0 Å². The van der Waals surface area contributed by atoms with Gasteiger partial charge >= 0.3 is 0 Å². The van der Waals surface area contributed by atoms with Crippen molar-refractivity contribution >= 4 is 27.5 Å². The molecule has 168 valence electrons. The third kappa shape index (κ3) is 6.43. The summed E-state index contributed by atoms with van der Waals surface area (Å²) < 4.78 is 32.9. The van der Waals surface area contributed by atoms with Gasteiger partial charge in [0.25, 0.3) is 0 Å². The van der Waals surface area contributed by atoms with Crippen molar-refractivity contribution in [3.05, 3.63) is 18.2 Å². The molecule has 1 aliphatic heterocycles. The number of methoxy groups -OCH3 is 1. The minimum atomic E-state index is -3.64. The minimum Gasteiger partial charge on any atom is -0.495 e. The average Bonchev–Trinajstić information content (AvgIpc) is 2.97. The predicted octanol–water partition coefficient (Wildman–Crippen LogP) is 2.75. The van der Waals surface area contributed by atoms with E-state index >= 15 is 0 Å². The van der Waals surface area contributed by atoms with Crippen molar-refractivity contribution in [2.24, 2.45) is 5.41 Å². The van der Waals surface area contributed by atoms with Gasteiger partial charge in [0.05, 0.1) is 17.7 Å². The number of hydrogen-bond acceptors (Lipinski definition) is 5. The van der Waals surface area contributed by atoms with E-state index in [9.17, 15) is 18.0 Å². The van der Waals surface area contributed by atoms with E-state index in [2.05, 4.69) is 10.6 Å². The zero-order valence-electron chi connectivity index (χ0n) is 18.3. The van der Waals surface area contributed by atoms with Gasteiger partial charge in [-0.05, 0) is 31.0 Å². The molecule has 1 aromatic carbocycles. The Balaban J connectivity index is 2.10. The first-order chi connectivity index (χ1) is 14.1. The van der Waals surface area contributed by atoms with E-state index in [0.29, 0.717) is 24.5 Å². The summed E-state index contributed by atoms with van der Waals surface area (Å²) in [4.78, 5) is 24.4. The minimum absolute atomic E-state index is 0.0636. The standard InChI is InChI=1S/C21H33N3O5S/c1-21(2,3)20(26)22-12-11-19(25)23-17-15-16(9-10-18(17)29-4)30(27,28)24-13-7-5-6-8-14-24/h9-10,15H,5-8,11-14H2,1-4H3,(H,22,26)(H,23,25). The number of anilines is 1. The summed E-state index contributed by atoms with van der Waals surface area (Å²) in [5.41, 5.74) is -0.240. The van der Waals surface area contributed by atoms with Crippen LogP contribution in [-0.2, 0) is 19.6 Å². The normalized spacial score (nSPS) is 15.9. The highest BCUT2D eigenvalue weighted by Crippen LogP contribution is 2.30. The molecule has 0 radical (unpaired) electrons. The topological polar surface area (TPSA) is 105 Å². The van der Waals surface area contributed by atoms with Gasteiger partial charge in [-0.3, -0.25) is 9.59 Å². The van der Waals surface area contributed by atoms with Gasteiger partial charge in [0.2, 0.25) is 21.8 Å². The second-order valence-electron chi connectivity index (χ2n) is 8.48. The first kappa shape index (κ1) is 24.1. The Bertz CT molecular complexity index is 854. The van der Waals surface area contributed by atoms with E-state index < -0.39 is 15.4 Å². The van der Waals surface area contributed by atoms with Crippen LogP contribution in [0.1, 0.15) is 52.9 Å². The molecule has 2 rings (SSSR count). The summed E-state index contributed by atoms with van der Waals surface area (Å²) in [6.45, 7) is 6.58. The van der Waals surface area contributed by atoms with Crippen LogP contribution in [0.4, 0.5) is 5.69 Å². The highest BCUT2D eigenvalue weighted by molar-refractivity contribution is 7.89. The molecular formula is C21H33N3O5S. The van der Waals surface area contributed by atoms with Gasteiger partial charge in [-0.1, -0.05) is 33.6 Å². The van der Waals surface area contributed by atoms with Gasteiger partial charge in [-0.25, -0.2) is 8.42 Å². The molecule has 2 amide bonds. The summed E-state index contributed by atoms with van der Waals surface area (Å²) in [5.74, 6) is -0.109. The molecule has 1 heterocycles. The van der Waals surface area contributed by atoms with Crippen molar-refractivity contribution in [1.29, 1.82) is 0 Å². The first-order valence-electron chi connectivity index (χ1n) is 10.3. The molecule has 1 aliphatic rings. The molecular weight excluding hydrogens is 406 g/mol. The maximum absolute atomic E-state index is 13.0. The summed E-state index contributed by atoms with van der Waals surface area (Å²) >= 11 is 0. The maximum atomic E-state index is 13.0. The molecule has 8 nitrogen and oxygen atoms in total. The van der Waals surface area contributed by atoms with Crippen molar-refractivity contribution in [3.8, 4) is 5.75 Å². The van der Waals surface area contributed by atoms with Gasteiger partial charge in [-0.2, -0.15) is 4.31 Å². The monoisotopic (exact) mass is 439 g/mol. The van der Waals surface area contributed by atoms with Crippen LogP contribution < -0.4 is 15.4 Å². The lowest BCUT2D eigenvalue weighted by Gasteiger charge is -2.21. The Hall–Kier alpha value is -2.13. The zero-order valence-corrected chi connectivity index (χ0v) is 19.1. The molecule has 0 aromatic heterocycles. The van der Waals surface area contributed by atoms with E-state index in [4.69, 9.17) is 4.74 Å². The number of nitrogens with zero attached hydrogens (tertiary/aromatic N) is 1. The fraction of sp³-hybridized carbons (Fsp3) is 0.619. The van der Waals surface area contributed by atoms with Crippen molar-refractivity contribution in [3.63, 3.8) is 0 Å². The van der Waals surface area contributed by atoms with Crippen LogP contribution in [0.5, 0.6) is 5.75 Å². The number of ether oxygens (including phenoxy) is 1. The van der Waals surface area contributed by atoms with Crippen LogP contribution in [-0.4, -0.2) is 51.3 Å². The average molecular weight is 440 g/mol. The Morgan fingerprint density at radius 1 is 1.10 bits per heavy atom. The number of carbonyl (C=O) groups is 2. The lowest BCUT2D eigenvalue weighted by Crippen LogP contribution is -2.36. The van der Waals surface area contributed by atoms with Crippen molar-refractivity contribution in [2.75, 3.05) is 32.1 Å². The third-order valence-corrected chi connectivity index (χ3v) is 6.86. The molecule has 0 bridgehead atoms. The van der Waals surface area contributed by atoms with Crippen LogP contribution in [0, 0.1) is 5.41 Å². The molecule has 1 aromatic rings. The summed E-state index contributed by atoms with van der Waals surface area (Å²) in [6, 6.07) is 4.48. The Kier molecular flexibility index (Phi) is 8.25. The summed E-state index contributed by atoms with van der Waals surface area (Å²) in [6.07, 6.45) is 3.82. The number of sulfonamides is 1. The van der Waals surface area contributed by atoms with Crippen molar-refractivity contribution in [2.45, 2.75) is 57.8 Å². The molecule has 30 heavy (non-hydrogen) atoms. The molecule has 2 N–H and O–H groups in total. The Labute approximate surface area is 179 Å². The largest absolute Gasteiger partial charge is 0.495 e. The molecule has 0 saturated carbocycles. The van der Waals surface area contributed by atoms with Gasteiger partial charge in [0.15, 0.2) is 0 Å². The number of benzene rings is 1. The number of hydrogen-bond donors (Lipinski definition) is 2. The highest BCUT2D eigenvalue weighted by atomic mass is 32.2. The summed E-state index contributed by atoms with van der Waals surface area (Å²) in [7, 11) is -2.19.